The molecule has 0 radical (unpaired) electrons. The highest BCUT2D eigenvalue weighted by molar-refractivity contribution is 8.00. The fourth-order valence-electron chi connectivity index (χ4n) is 2.22. The molecule has 0 saturated heterocycles. The van der Waals surface area contributed by atoms with Gasteiger partial charge in [-0.2, -0.15) is 0 Å². The van der Waals surface area contributed by atoms with Crippen LogP contribution in [0.1, 0.15) is 35.0 Å². The third-order valence-electron chi connectivity index (χ3n) is 3.17. The highest BCUT2D eigenvalue weighted by atomic mass is 32.2. The molecular formula is C16H17N3O2S2. The number of hydrogen-bond donors (Lipinski definition) is 1. The molecule has 0 spiro atoms. The highest BCUT2D eigenvalue weighted by Gasteiger charge is 2.21. The predicted octanol–water partition coefficient (Wildman–Crippen LogP) is 4.02. The van der Waals surface area contributed by atoms with E-state index in [2.05, 4.69) is 15.5 Å². The second-order valence-corrected chi connectivity index (χ2v) is 7.81. The molecular weight excluding hydrogens is 330 g/mol. The molecule has 23 heavy (non-hydrogen) atoms. The lowest BCUT2D eigenvalue weighted by Crippen LogP contribution is -2.30. The van der Waals surface area contributed by atoms with E-state index in [4.69, 9.17) is 4.42 Å². The van der Waals surface area contributed by atoms with Gasteiger partial charge in [-0.25, -0.2) is 0 Å². The Labute approximate surface area is 142 Å². The van der Waals surface area contributed by atoms with Gasteiger partial charge in [-0.05, 0) is 26.8 Å². The number of fused-ring (bicyclic) bond motifs is 1. The van der Waals surface area contributed by atoms with Crippen molar-refractivity contribution in [3.63, 3.8) is 0 Å². The van der Waals surface area contributed by atoms with Gasteiger partial charge in [0.1, 0.15) is 10.6 Å². The molecule has 0 bridgehead atoms. The van der Waals surface area contributed by atoms with Gasteiger partial charge in [0.05, 0.1) is 0 Å². The van der Waals surface area contributed by atoms with Gasteiger partial charge in [0.2, 0.25) is 0 Å². The minimum Gasteiger partial charge on any atom is -0.451 e. The van der Waals surface area contributed by atoms with Gasteiger partial charge in [-0.1, -0.05) is 41.3 Å². The van der Waals surface area contributed by atoms with Gasteiger partial charge in [0, 0.05) is 22.7 Å². The van der Waals surface area contributed by atoms with Gasteiger partial charge >= 0.3 is 0 Å². The molecule has 0 fully saturated rings. The smallest absolute Gasteiger partial charge is 0.287 e. The van der Waals surface area contributed by atoms with Crippen molar-refractivity contribution in [3.05, 3.63) is 40.6 Å². The Kier molecular flexibility index (Phi) is 4.68. The van der Waals surface area contributed by atoms with Crippen LogP contribution in [-0.2, 0) is 5.75 Å². The number of furan rings is 1. The van der Waals surface area contributed by atoms with Crippen LogP contribution in [0.2, 0.25) is 0 Å². The number of thioether (sulfide) groups is 1. The summed E-state index contributed by atoms with van der Waals surface area (Å²) in [5.74, 6) is 0.820. The van der Waals surface area contributed by atoms with Crippen molar-refractivity contribution in [1.29, 1.82) is 0 Å². The zero-order chi connectivity index (χ0) is 16.4. The monoisotopic (exact) mass is 347 g/mol. The lowest BCUT2D eigenvalue weighted by Gasteiger charge is -2.07. The van der Waals surface area contributed by atoms with Crippen molar-refractivity contribution in [1.82, 2.24) is 15.5 Å². The summed E-state index contributed by atoms with van der Waals surface area (Å²) >= 11 is 3.12. The van der Waals surface area contributed by atoms with Crippen LogP contribution in [0.15, 0.2) is 33.0 Å². The molecule has 2 heterocycles. The lowest BCUT2D eigenvalue weighted by molar-refractivity contribution is 0.0916. The molecule has 1 N–H and O–H groups in total. The number of nitrogens with one attached hydrogen (secondary N) is 1. The van der Waals surface area contributed by atoms with Gasteiger partial charge in [0.25, 0.3) is 5.91 Å². The Hall–Kier alpha value is -1.86. The summed E-state index contributed by atoms with van der Waals surface area (Å²) in [4.78, 5) is 12.4. The zero-order valence-corrected chi connectivity index (χ0v) is 14.8. The highest BCUT2D eigenvalue weighted by Crippen LogP contribution is 2.33. The fraction of sp³-hybridized carbons (Fsp3) is 0.312. The Morgan fingerprint density at radius 2 is 2.13 bits per heavy atom. The van der Waals surface area contributed by atoms with Crippen molar-refractivity contribution in [3.8, 4) is 0 Å². The third kappa shape index (κ3) is 3.56. The summed E-state index contributed by atoms with van der Waals surface area (Å²) in [5, 5.41) is 12.9. The van der Waals surface area contributed by atoms with E-state index in [1.54, 1.807) is 23.1 Å². The topological polar surface area (TPSA) is 68.0 Å². The van der Waals surface area contributed by atoms with Crippen molar-refractivity contribution in [2.24, 2.45) is 0 Å². The summed E-state index contributed by atoms with van der Waals surface area (Å²) in [7, 11) is 0. The molecule has 3 rings (SSSR count). The number of nitrogens with zero attached hydrogens (tertiary/aromatic N) is 2. The normalized spacial score (nSPS) is 11.3. The Morgan fingerprint density at radius 1 is 1.35 bits per heavy atom. The molecule has 0 unspecified atom stereocenters. The molecule has 0 aliphatic heterocycles. The number of aromatic nitrogens is 2. The molecule has 2 aromatic heterocycles. The molecule has 0 aliphatic rings. The third-order valence-corrected chi connectivity index (χ3v) is 5.17. The van der Waals surface area contributed by atoms with Crippen molar-refractivity contribution >= 4 is 40.0 Å². The maximum absolute atomic E-state index is 12.4. The molecule has 3 aromatic rings. The number of rotatable bonds is 5. The molecule has 0 aliphatic carbocycles. The molecule has 1 amide bonds. The lowest BCUT2D eigenvalue weighted by atomic mass is 10.1. The second-order valence-electron chi connectivity index (χ2n) is 5.41. The van der Waals surface area contributed by atoms with Crippen LogP contribution < -0.4 is 5.32 Å². The molecule has 0 saturated carbocycles. The molecule has 7 heteroatoms. The van der Waals surface area contributed by atoms with E-state index < -0.39 is 0 Å². The van der Waals surface area contributed by atoms with Crippen molar-refractivity contribution in [2.45, 2.75) is 36.9 Å². The zero-order valence-electron chi connectivity index (χ0n) is 13.1. The van der Waals surface area contributed by atoms with E-state index in [9.17, 15) is 4.79 Å². The quantitative estimate of drug-likeness (QED) is 0.706. The number of carbonyl (C=O) groups is 1. The standard InChI is InChI=1S/C16H17N3O2S2/c1-9(2)17-15(20)14-12(8-22-16-19-18-10(3)23-16)11-6-4-5-7-13(11)21-14/h4-7,9H,8H2,1-3H3,(H,17,20). The average Bonchev–Trinajstić information content (AvgIpc) is 3.08. The molecule has 1 aromatic carbocycles. The van der Waals surface area contributed by atoms with Gasteiger partial charge in [0.15, 0.2) is 10.1 Å². The number of hydrogen-bond acceptors (Lipinski definition) is 6. The summed E-state index contributed by atoms with van der Waals surface area (Å²) in [6.07, 6.45) is 0. The predicted molar refractivity (Wildman–Crippen MR) is 93.0 cm³/mol. The first-order chi connectivity index (χ1) is 11.0. The first kappa shape index (κ1) is 16.0. The number of benzene rings is 1. The largest absolute Gasteiger partial charge is 0.451 e. The number of aryl methyl sites for hydroxylation is 1. The maximum Gasteiger partial charge on any atom is 0.287 e. The van der Waals surface area contributed by atoms with Crippen LogP contribution in [0.5, 0.6) is 0 Å². The summed E-state index contributed by atoms with van der Waals surface area (Å²) in [6.45, 7) is 5.79. The first-order valence-corrected chi connectivity index (χ1v) is 9.09. The van der Waals surface area contributed by atoms with Crippen LogP contribution in [-0.4, -0.2) is 22.1 Å². The number of amides is 1. The van der Waals surface area contributed by atoms with E-state index in [1.165, 1.54) is 0 Å². The van der Waals surface area contributed by atoms with E-state index in [0.29, 0.717) is 11.5 Å². The summed E-state index contributed by atoms with van der Waals surface area (Å²) in [6, 6.07) is 7.77. The van der Waals surface area contributed by atoms with Crippen LogP contribution in [0.4, 0.5) is 0 Å². The minimum atomic E-state index is -0.180. The maximum atomic E-state index is 12.4. The summed E-state index contributed by atoms with van der Waals surface area (Å²) in [5.41, 5.74) is 1.63. The van der Waals surface area contributed by atoms with Gasteiger partial charge in [-0.3, -0.25) is 4.79 Å². The van der Waals surface area contributed by atoms with Gasteiger partial charge < -0.3 is 9.73 Å². The van der Waals surface area contributed by atoms with Crippen LogP contribution in [0.3, 0.4) is 0 Å². The van der Waals surface area contributed by atoms with Gasteiger partial charge in [-0.15, -0.1) is 10.2 Å². The van der Waals surface area contributed by atoms with Crippen LogP contribution in [0.25, 0.3) is 11.0 Å². The number of carbonyl (C=O) groups excluding carboxylic acids is 1. The minimum absolute atomic E-state index is 0.0574. The molecule has 5 nitrogen and oxygen atoms in total. The van der Waals surface area contributed by atoms with Crippen molar-refractivity contribution in [2.75, 3.05) is 0 Å². The Bertz CT molecular complexity index is 839. The molecule has 120 valence electrons. The molecule has 0 atom stereocenters. The van der Waals surface area contributed by atoms with E-state index >= 15 is 0 Å². The Morgan fingerprint density at radius 3 is 2.83 bits per heavy atom. The van der Waals surface area contributed by atoms with E-state index in [1.807, 2.05) is 45.0 Å². The first-order valence-electron chi connectivity index (χ1n) is 7.28. The van der Waals surface area contributed by atoms with E-state index in [0.717, 1.165) is 25.9 Å². The van der Waals surface area contributed by atoms with Crippen molar-refractivity contribution < 1.29 is 9.21 Å². The summed E-state index contributed by atoms with van der Waals surface area (Å²) < 4.78 is 6.69. The van der Waals surface area contributed by atoms with E-state index in [-0.39, 0.29) is 11.9 Å². The SMILES string of the molecule is Cc1nnc(SCc2c(C(=O)NC(C)C)oc3ccccc23)s1. The van der Waals surface area contributed by atoms with Crippen LogP contribution in [0, 0.1) is 6.92 Å². The van der Waals surface area contributed by atoms with Crippen LogP contribution >= 0.6 is 23.1 Å². The Balaban J connectivity index is 1.93. The average molecular weight is 347 g/mol. The number of para-hydroxylation sites is 1. The second kappa shape index (κ2) is 6.72. The fourth-order valence-corrected chi connectivity index (χ4v) is 4.07.